The molecule has 4 N–H and O–H groups in total. The quantitative estimate of drug-likeness (QED) is 0.359. The SMILES string of the molecule is NCCOCCOCCOCCOCCC(=O)O.O=C(O)C(F)(F)F. The minimum atomic E-state index is -5.08. The predicted octanol–water partition coefficient (Wildman–Crippen LogP) is 0.120. The Kier molecular flexibility index (Phi) is 17.9. The summed E-state index contributed by atoms with van der Waals surface area (Å²) in [5.74, 6) is -3.62. The van der Waals surface area contributed by atoms with Crippen LogP contribution in [0.15, 0.2) is 0 Å². The maximum Gasteiger partial charge on any atom is 0.490 e. The number of hydrogen-bond donors (Lipinski definition) is 3. The molecule has 0 unspecified atom stereocenters. The molecular weight excluding hydrogens is 355 g/mol. The molecule has 0 aliphatic heterocycles. The predicted molar refractivity (Wildman–Crippen MR) is 78.3 cm³/mol. The van der Waals surface area contributed by atoms with Crippen LogP contribution in [0, 0.1) is 0 Å². The van der Waals surface area contributed by atoms with Gasteiger partial charge in [0.25, 0.3) is 0 Å². The van der Waals surface area contributed by atoms with Crippen LogP contribution in [-0.2, 0) is 28.5 Å². The monoisotopic (exact) mass is 379 g/mol. The van der Waals surface area contributed by atoms with Crippen molar-refractivity contribution in [2.24, 2.45) is 5.73 Å². The molecule has 0 atom stereocenters. The standard InChI is InChI=1S/C11H23NO6.C2HF3O2/c12-2-4-16-6-8-18-10-9-17-7-5-15-3-1-11(13)14;3-2(4,5)1(6)7/h1-10,12H2,(H,13,14);(H,6,7). The van der Waals surface area contributed by atoms with Gasteiger partial charge in [0.05, 0.1) is 59.3 Å². The van der Waals surface area contributed by atoms with Crippen LogP contribution in [0.3, 0.4) is 0 Å². The van der Waals surface area contributed by atoms with Gasteiger partial charge in [-0.15, -0.1) is 0 Å². The first-order chi connectivity index (χ1) is 11.7. The van der Waals surface area contributed by atoms with Crippen molar-refractivity contribution >= 4 is 11.9 Å². The second-order valence-corrected chi connectivity index (χ2v) is 4.18. The van der Waals surface area contributed by atoms with E-state index < -0.39 is 18.1 Å². The van der Waals surface area contributed by atoms with Gasteiger partial charge in [0.1, 0.15) is 0 Å². The van der Waals surface area contributed by atoms with Crippen LogP contribution in [0.5, 0.6) is 0 Å². The number of carbonyl (C=O) groups is 2. The lowest BCUT2D eigenvalue weighted by atomic mass is 10.5. The third-order valence-corrected chi connectivity index (χ3v) is 2.08. The molecule has 0 aromatic carbocycles. The van der Waals surface area contributed by atoms with Crippen LogP contribution in [0.1, 0.15) is 6.42 Å². The fraction of sp³-hybridized carbons (Fsp3) is 0.846. The first-order valence-corrected chi connectivity index (χ1v) is 7.24. The van der Waals surface area contributed by atoms with Crippen LogP contribution in [0.2, 0.25) is 0 Å². The lowest BCUT2D eigenvalue weighted by molar-refractivity contribution is -0.192. The van der Waals surface area contributed by atoms with E-state index in [4.69, 9.17) is 39.7 Å². The van der Waals surface area contributed by atoms with E-state index in [1.54, 1.807) is 0 Å². The smallest absolute Gasteiger partial charge is 0.481 e. The Morgan fingerprint density at radius 1 is 0.760 bits per heavy atom. The number of hydrogen-bond acceptors (Lipinski definition) is 7. The van der Waals surface area contributed by atoms with Gasteiger partial charge in [-0.05, 0) is 0 Å². The lowest BCUT2D eigenvalue weighted by Crippen LogP contribution is -2.21. The van der Waals surface area contributed by atoms with Crippen molar-refractivity contribution in [1.82, 2.24) is 0 Å². The highest BCUT2D eigenvalue weighted by Crippen LogP contribution is 2.13. The highest BCUT2D eigenvalue weighted by Gasteiger charge is 2.38. The van der Waals surface area contributed by atoms with Crippen molar-refractivity contribution in [3.05, 3.63) is 0 Å². The fourth-order valence-corrected chi connectivity index (χ4v) is 1.00. The van der Waals surface area contributed by atoms with E-state index in [0.29, 0.717) is 52.8 Å². The number of carboxylic acid groups (broad SMARTS) is 2. The third kappa shape index (κ3) is 24.9. The molecule has 0 bridgehead atoms. The summed E-state index contributed by atoms with van der Waals surface area (Å²) < 4.78 is 52.3. The Morgan fingerprint density at radius 2 is 1.08 bits per heavy atom. The minimum Gasteiger partial charge on any atom is -0.481 e. The number of rotatable bonds is 14. The highest BCUT2D eigenvalue weighted by molar-refractivity contribution is 5.73. The van der Waals surface area contributed by atoms with Crippen LogP contribution in [0.4, 0.5) is 13.2 Å². The Bertz CT molecular complexity index is 342. The number of halogens is 3. The van der Waals surface area contributed by atoms with Crippen LogP contribution in [0.25, 0.3) is 0 Å². The molecule has 0 aromatic heterocycles. The molecule has 0 radical (unpaired) electrons. The van der Waals surface area contributed by atoms with Crippen molar-refractivity contribution in [3.63, 3.8) is 0 Å². The zero-order chi connectivity index (χ0) is 19.6. The molecule has 0 heterocycles. The second kappa shape index (κ2) is 17.4. The number of nitrogens with two attached hydrogens (primary N) is 1. The number of alkyl halides is 3. The van der Waals surface area contributed by atoms with Gasteiger partial charge in [0.15, 0.2) is 0 Å². The summed E-state index contributed by atoms with van der Waals surface area (Å²) in [5, 5.41) is 15.5. The van der Waals surface area contributed by atoms with Gasteiger partial charge >= 0.3 is 18.1 Å². The molecule has 0 fully saturated rings. The maximum atomic E-state index is 10.6. The van der Waals surface area contributed by atoms with Crippen LogP contribution in [-0.4, -0.2) is 87.7 Å². The third-order valence-electron chi connectivity index (χ3n) is 2.08. The molecule has 0 saturated carbocycles. The van der Waals surface area contributed by atoms with Gasteiger partial charge in [-0.3, -0.25) is 4.79 Å². The van der Waals surface area contributed by atoms with E-state index in [0.717, 1.165) is 0 Å². The Hall–Kier alpha value is -1.47. The van der Waals surface area contributed by atoms with E-state index in [2.05, 4.69) is 0 Å². The van der Waals surface area contributed by atoms with Gasteiger partial charge in [-0.2, -0.15) is 13.2 Å². The van der Waals surface area contributed by atoms with Crippen LogP contribution < -0.4 is 5.73 Å². The first kappa shape index (κ1) is 25.8. The largest absolute Gasteiger partial charge is 0.490 e. The number of carboxylic acids is 2. The summed E-state index contributed by atoms with van der Waals surface area (Å²) >= 11 is 0. The molecule has 150 valence electrons. The molecule has 0 amide bonds. The molecule has 0 saturated heterocycles. The van der Waals surface area contributed by atoms with Gasteiger partial charge in [-0.25, -0.2) is 4.79 Å². The van der Waals surface area contributed by atoms with E-state index in [-0.39, 0.29) is 13.0 Å². The van der Waals surface area contributed by atoms with E-state index >= 15 is 0 Å². The summed E-state index contributed by atoms with van der Waals surface area (Å²) in [6.45, 7) is 4.17. The van der Waals surface area contributed by atoms with Gasteiger partial charge in [-0.1, -0.05) is 0 Å². The van der Waals surface area contributed by atoms with Gasteiger partial charge in [0, 0.05) is 6.54 Å². The van der Waals surface area contributed by atoms with Crippen molar-refractivity contribution in [2.75, 3.05) is 59.4 Å². The summed E-state index contributed by atoms with van der Waals surface area (Å²) in [5.41, 5.74) is 5.25. The first-order valence-electron chi connectivity index (χ1n) is 7.24. The van der Waals surface area contributed by atoms with E-state index in [9.17, 15) is 18.0 Å². The summed E-state index contributed by atoms with van der Waals surface area (Å²) in [6.07, 6.45) is -5.06. The average molecular weight is 379 g/mol. The number of aliphatic carboxylic acids is 2. The minimum absolute atomic E-state index is 0.0198. The fourth-order valence-electron chi connectivity index (χ4n) is 1.00. The molecule has 0 aromatic rings. The van der Waals surface area contributed by atoms with Crippen molar-refractivity contribution in [3.8, 4) is 0 Å². The van der Waals surface area contributed by atoms with Gasteiger partial charge < -0.3 is 34.9 Å². The highest BCUT2D eigenvalue weighted by atomic mass is 19.4. The molecular formula is C13H24F3NO8. The van der Waals surface area contributed by atoms with Crippen molar-refractivity contribution < 1.29 is 51.9 Å². The molecule has 25 heavy (non-hydrogen) atoms. The zero-order valence-electron chi connectivity index (χ0n) is 13.6. The summed E-state index contributed by atoms with van der Waals surface area (Å²) in [6, 6.07) is 0. The van der Waals surface area contributed by atoms with E-state index in [1.165, 1.54) is 0 Å². The Balaban J connectivity index is 0. The van der Waals surface area contributed by atoms with Gasteiger partial charge in [0.2, 0.25) is 0 Å². The normalized spacial score (nSPS) is 10.9. The summed E-state index contributed by atoms with van der Waals surface area (Å²) in [4.78, 5) is 19.1. The van der Waals surface area contributed by atoms with Crippen LogP contribution >= 0.6 is 0 Å². The maximum absolute atomic E-state index is 10.6. The molecule has 0 rings (SSSR count). The Morgan fingerprint density at radius 3 is 1.36 bits per heavy atom. The lowest BCUT2D eigenvalue weighted by Gasteiger charge is -2.06. The zero-order valence-corrected chi connectivity index (χ0v) is 13.6. The Labute approximate surface area is 142 Å². The topological polar surface area (TPSA) is 138 Å². The second-order valence-electron chi connectivity index (χ2n) is 4.18. The molecule has 0 aliphatic carbocycles. The number of ether oxygens (including phenoxy) is 4. The van der Waals surface area contributed by atoms with Crippen molar-refractivity contribution in [2.45, 2.75) is 12.6 Å². The van der Waals surface area contributed by atoms with E-state index in [1.807, 2.05) is 0 Å². The molecule has 9 nitrogen and oxygen atoms in total. The molecule has 0 spiro atoms. The summed E-state index contributed by atoms with van der Waals surface area (Å²) in [7, 11) is 0. The average Bonchev–Trinajstić information content (AvgIpc) is 2.51. The molecule has 0 aliphatic rings. The molecule has 12 heteroatoms. The van der Waals surface area contributed by atoms with Crippen molar-refractivity contribution in [1.29, 1.82) is 0 Å².